The Hall–Kier alpha value is -1.86. The van der Waals surface area contributed by atoms with Crippen molar-refractivity contribution in [3.8, 4) is 0 Å². The van der Waals surface area contributed by atoms with Crippen LogP contribution in [0.5, 0.6) is 0 Å². The molecule has 6 nitrogen and oxygen atoms in total. The molecule has 2 N–H and O–H groups in total. The normalized spacial score (nSPS) is 26.5. The van der Waals surface area contributed by atoms with E-state index in [4.69, 9.17) is 4.74 Å². The van der Waals surface area contributed by atoms with Crippen LogP contribution in [0.4, 0.5) is 4.79 Å². The number of rotatable bonds is 5. The molecule has 23 heavy (non-hydrogen) atoms. The summed E-state index contributed by atoms with van der Waals surface area (Å²) in [7, 11) is -3.81. The molecular formula is C16H20N2O4S. The van der Waals surface area contributed by atoms with Crippen LogP contribution in [0, 0.1) is 5.92 Å². The van der Waals surface area contributed by atoms with Crippen molar-refractivity contribution in [3.63, 3.8) is 0 Å². The zero-order valence-corrected chi connectivity index (χ0v) is 13.5. The van der Waals surface area contributed by atoms with Gasteiger partial charge in [0.05, 0.1) is 17.6 Å². The molecule has 0 spiro atoms. The van der Waals surface area contributed by atoms with Crippen LogP contribution in [0.15, 0.2) is 35.7 Å². The average Bonchev–Trinajstić information content (AvgIpc) is 3.14. The molecule has 0 aliphatic carbocycles. The summed E-state index contributed by atoms with van der Waals surface area (Å²) in [5.74, 6) is 0.280. The van der Waals surface area contributed by atoms with Gasteiger partial charge < -0.3 is 10.1 Å². The number of benzene rings is 1. The monoisotopic (exact) mass is 336 g/mol. The Balaban J connectivity index is 1.47. The first-order valence-electron chi connectivity index (χ1n) is 7.71. The molecule has 3 rings (SSSR count). The van der Waals surface area contributed by atoms with Crippen LogP contribution in [0.1, 0.15) is 24.8 Å². The number of urea groups is 1. The Bertz CT molecular complexity index is 687. The highest BCUT2D eigenvalue weighted by Crippen LogP contribution is 2.38. The Labute approximate surface area is 136 Å². The summed E-state index contributed by atoms with van der Waals surface area (Å²) in [5, 5.41) is 3.61. The van der Waals surface area contributed by atoms with Gasteiger partial charge in [0.2, 0.25) is 0 Å². The number of carbonyl (C=O) groups excluding carboxylic acids is 1. The number of hydrogen-bond acceptors (Lipinski definition) is 4. The zero-order valence-electron chi connectivity index (χ0n) is 12.6. The van der Waals surface area contributed by atoms with E-state index in [1.165, 1.54) is 6.08 Å². The molecule has 124 valence electrons. The predicted molar refractivity (Wildman–Crippen MR) is 86.9 cm³/mol. The molecule has 3 atom stereocenters. The molecule has 1 aromatic carbocycles. The SMILES string of the molecule is O=C(NCC1CC2CCC1O2)NS(=O)(=O)/C=C/c1ccccc1. The molecule has 7 heteroatoms. The highest BCUT2D eigenvalue weighted by atomic mass is 32.2. The van der Waals surface area contributed by atoms with E-state index >= 15 is 0 Å². The van der Waals surface area contributed by atoms with Crippen LogP contribution in [0.25, 0.3) is 6.08 Å². The summed E-state index contributed by atoms with van der Waals surface area (Å²) < 4.78 is 31.4. The van der Waals surface area contributed by atoms with Crippen molar-refractivity contribution in [1.29, 1.82) is 0 Å². The van der Waals surface area contributed by atoms with Gasteiger partial charge in [-0.1, -0.05) is 30.3 Å². The highest BCUT2D eigenvalue weighted by molar-refractivity contribution is 7.93. The van der Waals surface area contributed by atoms with Gasteiger partial charge in [0.1, 0.15) is 0 Å². The molecule has 2 aliphatic heterocycles. The van der Waals surface area contributed by atoms with Crippen LogP contribution < -0.4 is 10.0 Å². The lowest BCUT2D eigenvalue weighted by Gasteiger charge is -2.18. The fourth-order valence-corrected chi connectivity index (χ4v) is 3.85. The third-order valence-corrected chi connectivity index (χ3v) is 5.20. The van der Waals surface area contributed by atoms with E-state index in [9.17, 15) is 13.2 Å². The summed E-state index contributed by atoms with van der Waals surface area (Å²) in [6.07, 6.45) is 5.01. The maximum absolute atomic E-state index is 11.9. The third kappa shape index (κ3) is 4.33. The number of sulfonamides is 1. The first-order chi connectivity index (χ1) is 11.0. The second-order valence-electron chi connectivity index (χ2n) is 5.94. The highest BCUT2D eigenvalue weighted by Gasteiger charge is 2.40. The number of carbonyl (C=O) groups is 1. The third-order valence-electron chi connectivity index (χ3n) is 4.23. The van der Waals surface area contributed by atoms with Crippen molar-refractivity contribution in [3.05, 3.63) is 41.3 Å². The molecule has 2 fully saturated rings. The van der Waals surface area contributed by atoms with E-state index in [1.807, 2.05) is 22.9 Å². The Morgan fingerprint density at radius 1 is 1.26 bits per heavy atom. The number of hydrogen-bond donors (Lipinski definition) is 2. The van der Waals surface area contributed by atoms with Crippen molar-refractivity contribution in [2.75, 3.05) is 6.54 Å². The van der Waals surface area contributed by atoms with Gasteiger partial charge in [-0.25, -0.2) is 17.9 Å². The van der Waals surface area contributed by atoms with E-state index in [-0.39, 0.29) is 12.0 Å². The largest absolute Gasteiger partial charge is 0.375 e. The number of amides is 2. The fourth-order valence-electron chi connectivity index (χ4n) is 3.11. The van der Waals surface area contributed by atoms with Gasteiger partial charge in [-0.15, -0.1) is 0 Å². The smallest absolute Gasteiger partial charge is 0.328 e. The molecule has 0 aromatic heterocycles. The van der Waals surface area contributed by atoms with E-state index in [2.05, 4.69) is 5.32 Å². The lowest BCUT2D eigenvalue weighted by molar-refractivity contribution is 0.0928. The second-order valence-corrected chi connectivity index (χ2v) is 7.51. The first-order valence-corrected chi connectivity index (χ1v) is 9.26. The summed E-state index contributed by atoms with van der Waals surface area (Å²) in [4.78, 5) is 11.8. The van der Waals surface area contributed by atoms with Crippen molar-refractivity contribution < 1.29 is 17.9 Å². The van der Waals surface area contributed by atoms with Gasteiger partial charge in [-0.05, 0) is 30.9 Å². The molecule has 2 aliphatic rings. The van der Waals surface area contributed by atoms with Gasteiger partial charge >= 0.3 is 6.03 Å². The molecule has 2 heterocycles. The maximum atomic E-state index is 11.9. The Morgan fingerprint density at radius 3 is 2.70 bits per heavy atom. The van der Waals surface area contributed by atoms with Gasteiger partial charge in [-0.2, -0.15) is 0 Å². The maximum Gasteiger partial charge on any atom is 0.328 e. The Kier molecular flexibility index (Phi) is 4.68. The average molecular weight is 336 g/mol. The van der Waals surface area contributed by atoms with Gasteiger partial charge in [-0.3, -0.25) is 0 Å². The van der Waals surface area contributed by atoms with Crippen LogP contribution in [0.2, 0.25) is 0 Å². The summed E-state index contributed by atoms with van der Waals surface area (Å²) in [6.45, 7) is 0.435. The standard InChI is InChI=1S/C16H20N2O4S/c19-16(17-11-13-10-14-6-7-15(13)22-14)18-23(20,21)9-8-12-4-2-1-3-5-12/h1-5,8-9,13-15H,6-7,10-11H2,(H2,17,18,19)/b9-8+. The quantitative estimate of drug-likeness (QED) is 0.859. The van der Waals surface area contributed by atoms with Crippen molar-refractivity contribution in [2.45, 2.75) is 31.5 Å². The molecular weight excluding hydrogens is 316 g/mol. The molecule has 0 saturated carbocycles. The van der Waals surface area contributed by atoms with Gasteiger partial charge in [0.15, 0.2) is 0 Å². The van der Waals surface area contributed by atoms with Crippen LogP contribution in [0.3, 0.4) is 0 Å². The van der Waals surface area contributed by atoms with Crippen molar-refractivity contribution >= 4 is 22.1 Å². The Morgan fingerprint density at radius 2 is 2.04 bits per heavy atom. The van der Waals surface area contributed by atoms with Crippen LogP contribution >= 0.6 is 0 Å². The topological polar surface area (TPSA) is 84.5 Å². The lowest BCUT2D eigenvalue weighted by Crippen LogP contribution is -2.42. The van der Waals surface area contributed by atoms with Crippen LogP contribution in [-0.2, 0) is 14.8 Å². The first kappa shape index (κ1) is 16.0. The molecule has 2 saturated heterocycles. The number of nitrogens with one attached hydrogen (secondary N) is 2. The van der Waals surface area contributed by atoms with E-state index in [0.29, 0.717) is 12.6 Å². The zero-order chi connectivity index (χ0) is 16.3. The van der Waals surface area contributed by atoms with E-state index in [1.54, 1.807) is 12.1 Å². The second kappa shape index (κ2) is 6.72. The summed E-state index contributed by atoms with van der Waals surface area (Å²) in [5.41, 5.74) is 0.748. The molecule has 1 aromatic rings. The molecule has 3 unspecified atom stereocenters. The molecule has 2 bridgehead atoms. The minimum atomic E-state index is -3.81. The predicted octanol–water partition coefficient (Wildman–Crippen LogP) is 1.85. The van der Waals surface area contributed by atoms with Gasteiger partial charge in [0.25, 0.3) is 10.0 Å². The number of fused-ring (bicyclic) bond motifs is 2. The molecule has 0 radical (unpaired) electrons. The van der Waals surface area contributed by atoms with Crippen molar-refractivity contribution in [1.82, 2.24) is 10.0 Å². The number of ether oxygens (including phenoxy) is 1. The lowest BCUT2D eigenvalue weighted by atomic mass is 9.89. The summed E-state index contributed by atoms with van der Waals surface area (Å²) in [6, 6.07) is 8.32. The minimum Gasteiger partial charge on any atom is -0.375 e. The van der Waals surface area contributed by atoms with Gasteiger partial charge in [0, 0.05) is 12.5 Å². The van der Waals surface area contributed by atoms with Crippen LogP contribution in [-0.4, -0.2) is 33.2 Å². The van der Waals surface area contributed by atoms with Crippen molar-refractivity contribution in [2.24, 2.45) is 5.92 Å². The van der Waals surface area contributed by atoms with E-state index < -0.39 is 16.1 Å². The molecule has 2 amide bonds. The minimum absolute atomic E-state index is 0.204. The summed E-state index contributed by atoms with van der Waals surface area (Å²) >= 11 is 0. The fraction of sp³-hybridized carbons (Fsp3) is 0.438. The van der Waals surface area contributed by atoms with E-state index in [0.717, 1.165) is 30.2 Å².